The van der Waals surface area contributed by atoms with Crippen LogP contribution in [-0.2, 0) is 0 Å². The molecule has 0 N–H and O–H groups in total. The molecule has 0 radical (unpaired) electrons. The summed E-state index contributed by atoms with van der Waals surface area (Å²) in [5.41, 5.74) is 21.7. The summed E-state index contributed by atoms with van der Waals surface area (Å²) in [5, 5.41) is 27.9. The molecule has 0 bridgehead atoms. The molecule has 0 fully saturated rings. The molecule has 3 heteroatoms. The van der Waals surface area contributed by atoms with Gasteiger partial charge in [0.25, 0.3) is 0 Å². The summed E-state index contributed by atoms with van der Waals surface area (Å²) >= 11 is 0. The van der Waals surface area contributed by atoms with Crippen molar-refractivity contribution < 1.29 is 13.3 Å². The van der Waals surface area contributed by atoms with Gasteiger partial charge in [0.1, 0.15) is 33.5 Å². The zero-order valence-corrected chi connectivity index (χ0v) is 56.7. The monoisotopic (exact) mass is 1330 g/mol. The fourth-order valence-electron chi connectivity index (χ4n) is 18.0. The van der Waals surface area contributed by atoms with Crippen LogP contribution in [0.4, 0.5) is 0 Å². The maximum atomic E-state index is 6.79. The Bertz CT molecular complexity index is 7730. The second-order valence-corrected chi connectivity index (χ2v) is 28.4. The van der Waals surface area contributed by atoms with Gasteiger partial charge in [-0.2, -0.15) is 0 Å². The molecule has 0 amide bonds. The first-order valence-electron chi connectivity index (χ1n) is 36.2. The van der Waals surface area contributed by atoms with Crippen LogP contribution in [0.3, 0.4) is 0 Å². The zero-order chi connectivity index (χ0) is 68.5. The van der Waals surface area contributed by atoms with Crippen molar-refractivity contribution in [3.05, 3.63) is 352 Å². The van der Waals surface area contributed by atoms with Gasteiger partial charge in [-0.3, -0.25) is 0 Å². The fourth-order valence-corrected chi connectivity index (χ4v) is 18.0. The Morgan fingerprint density at radius 2 is 0.457 bits per heavy atom. The average Bonchev–Trinajstić information content (AvgIpc) is 1.37. The number of furan rings is 3. The maximum absolute atomic E-state index is 6.79. The smallest absolute Gasteiger partial charge is 0.143 e. The van der Waals surface area contributed by atoms with Crippen LogP contribution in [-0.4, -0.2) is 0 Å². The molecule has 23 rings (SSSR count). The van der Waals surface area contributed by atoms with Gasteiger partial charge in [0.15, 0.2) is 0 Å². The standard InChI is InChI=1S/C102H58O3/c1-3-21-61-51-66(39-37-59(61)19-1)98-77-30-10-9-29-76(77)97(68-44-50-96-88(56-68)87-55-65(43-49-95(87)103-96)85-57-91-74-27-15-17-35-93(74)104-101(91)83-33-13-7-25-71(83)85)81-45-41-63(53-89(81)98)64-42-46-82-90(54-64)99(67-40-38-60-20-2-4-22-62(60)52-67)78-31-11-12-32-79(78)100(82)80-48-47-73(69-23-5-6-24-70(69)80)86-58-92-75-28-16-18-36-94(75)105-102(92)84-34-14-8-26-72(84)86/h1-58H. The van der Waals surface area contributed by atoms with Gasteiger partial charge in [-0.1, -0.05) is 279 Å². The molecule has 0 unspecified atom stereocenters. The first-order valence-corrected chi connectivity index (χ1v) is 36.2. The SMILES string of the molecule is c1ccc2cc(-c3c4ccccc4c(-c4ccc5oc6ccc(-c7cc8c9ccccc9oc8c8ccccc78)cc6c5c4)c4ccc(-c5ccc6c(-c7ccc(-c8cc9c%10ccccc%10oc9c9ccccc89)c8ccccc78)c7ccccc7c(-c7ccc8ccccc8c7)c6c5)cc34)ccc2c1. The van der Waals surface area contributed by atoms with Crippen molar-refractivity contribution in [2.45, 2.75) is 0 Å². The second kappa shape index (κ2) is 22.3. The lowest BCUT2D eigenvalue weighted by Gasteiger charge is -2.21. The lowest BCUT2D eigenvalue weighted by atomic mass is 9.82. The largest absolute Gasteiger partial charge is 0.456 e. The molecular weight excluding hydrogens is 1270 g/mol. The minimum absolute atomic E-state index is 0.849. The van der Waals surface area contributed by atoms with E-state index in [1.807, 2.05) is 6.07 Å². The summed E-state index contributed by atoms with van der Waals surface area (Å²) in [6.07, 6.45) is 0. The summed E-state index contributed by atoms with van der Waals surface area (Å²) in [6, 6.07) is 130. The Kier molecular flexibility index (Phi) is 12.3. The predicted octanol–water partition coefficient (Wildman–Crippen LogP) is 29.4. The summed E-state index contributed by atoms with van der Waals surface area (Å²) in [6.45, 7) is 0. The third-order valence-electron chi connectivity index (χ3n) is 22.8. The lowest BCUT2D eigenvalue weighted by Crippen LogP contribution is -1.94. The molecule has 0 aliphatic rings. The molecule has 0 aliphatic heterocycles. The fraction of sp³-hybridized carbons (Fsp3) is 0. The normalized spacial score (nSPS) is 12.2. The number of hydrogen-bond acceptors (Lipinski definition) is 3. The molecule has 3 nitrogen and oxygen atoms in total. The molecule has 0 saturated heterocycles. The molecule has 484 valence electrons. The predicted molar refractivity (Wildman–Crippen MR) is 444 cm³/mol. The number of fused-ring (bicyclic) bond motifs is 20. The van der Waals surface area contributed by atoms with Crippen LogP contribution in [0.15, 0.2) is 365 Å². The van der Waals surface area contributed by atoms with E-state index in [2.05, 4.69) is 346 Å². The second-order valence-electron chi connectivity index (χ2n) is 28.4. The van der Waals surface area contributed by atoms with Crippen LogP contribution < -0.4 is 0 Å². The van der Waals surface area contributed by atoms with Gasteiger partial charge in [0.05, 0.1) is 0 Å². The minimum Gasteiger partial charge on any atom is -0.456 e. The molecule has 20 aromatic carbocycles. The highest BCUT2D eigenvalue weighted by molar-refractivity contribution is 6.28. The van der Waals surface area contributed by atoms with E-state index in [4.69, 9.17) is 13.3 Å². The topological polar surface area (TPSA) is 39.4 Å². The Balaban J connectivity index is 0.748. The minimum atomic E-state index is 0.849. The van der Waals surface area contributed by atoms with Crippen molar-refractivity contribution in [3.63, 3.8) is 0 Å². The van der Waals surface area contributed by atoms with Crippen molar-refractivity contribution in [2.24, 2.45) is 0 Å². The van der Waals surface area contributed by atoms with E-state index in [9.17, 15) is 0 Å². The third-order valence-corrected chi connectivity index (χ3v) is 22.8. The van der Waals surface area contributed by atoms with Gasteiger partial charge < -0.3 is 13.3 Å². The van der Waals surface area contributed by atoms with Gasteiger partial charge in [-0.15, -0.1) is 0 Å². The number of benzene rings is 20. The summed E-state index contributed by atoms with van der Waals surface area (Å²) in [7, 11) is 0. The first-order chi connectivity index (χ1) is 52.0. The van der Waals surface area contributed by atoms with Gasteiger partial charge in [-0.25, -0.2) is 0 Å². The van der Waals surface area contributed by atoms with E-state index >= 15 is 0 Å². The summed E-state index contributed by atoms with van der Waals surface area (Å²) in [5.74, 6) is 0. The highest BCUT2D eigenvalue weighted by atomic mass is 16.3. The lowest BCUT2D eigenvalue weighted by molar-refractivity contribution is 0.669. The van der Waals surface area contributed by atoms with E-state index in [0.717, 1.165) is 115 Å². The zero-order valence-electron chi connectivity index (χ0n) is 56.7. The van der Waals surface area contributed by atoms with Gasteiger partial charge >= 0.3 is 0 Å². The molecule has 0 atom stereocenters. The van der Waals surface area contributed by atoms with Crippen LogP contribution in [0.5, 0.6) is 0 Å². The van der Waals surface area contributed by atoms with E-state index in [0.29, 0.717) is 0 Å². The molecule has 0 aliphatic carbocycles. The van der Waals surface area contributed by atoms with E-state index < -0.39 is 0 Å². The van der Waals surface area contributed by atoms with E-state index in [1.165, 1.54) is 125 Å². The van der Waals surface area contributed by atoms with E-state index in [-0.39, 0.29) is 0 Å². The van der Waals surface area contributed by atoms with Crippen LogP contribution in [0.25, 0.3) is 241 Å². The molecule has 3 aromatic heterocycles. The molecule has 23 aromatic rings. The van der Waals surface area contributed by atoms with E-state index in [1.54, 1.807) is 0 Å². The summed E-state index contributed by atoms with van der Waals surface area (Å²) < 4.78 is 20.0. The van der Waals surface area contributed by atoms with Gasteiger partial charge in [0.2, 0.25) is 0 Å². The van der Waals surface area contributed by atoms with Crippen molar-refractivity contribution in [1.82, 2.24) is 0 Å². The highest BCUT2D eigenvalue weighted by Gasteiger charge is 2.25. The molecular formula is C102H58O3. The van der Waals surface area contributed by atoms with Gasteiger partial charge in [0, 0.05) is 43.1 Å². The van der Waals surface area contributed by atoms with Crippen LogP contribution >= 0.6 is 0 Å². The highest BCUT2D eigenvalue weighted by Crippen LogP contribution is 2.52. The number of para-hydroxylation sites is 2. The Morgan fingerprint density at radius 3 is 0.990 bits per heavy atom. The van der Waals surface area contributed by atoms with Crippen molar-refractivity contribution in [1.29, 1.82) is 0 Å². The van der Waals surface area contributed by atoms with Gasteiger partial charge in [-0.05, 0) is 237 Å². The molecule has 3 heterocycles. The Hall–Kier alpha value is -13.9. The van der Waals surface area contributed by atoms with Crippen LogP contribution in [0.2, 0.25) is 0 Å². The number of rotatable bonds is 7. The first kappa shape index (κ1) is 57.9. The summed E-state index contributed by atoms with van der Waals surface area (Å²) in [4.78, 5) is 0. The number of hydrogen-bond donors (Lipinski definition) is 0. The van der Waals surface area contributed by atoms with Crippen molar-refractivity contribution in [2.75, 3.05) is 0 Å². The Morgan fingerprint density at radius 1 is 0.133 bits per heavy atom. The average molecular weight is 1330 g/mol. The van der Waals surface area contributed by atoms with Crippen LogP contribution in [0.1, 0.15) is 0 Å². The third kappa shape index (κ3) is 8.67. The van der Waals surface area contributed by atoms with Crippen molar-refractivity contribution in [3.8, 4) is 77.9 Å². The Labute approximate surface area is 601 Å². The van der Waals surface area contributed by atoms with Crippen molar-refractivity contribution >= 4 is 163 Å². The maximum Gasteiger partial charge on any atom is 0.143 e. The van der Waals surface area contributed by atoms with Crippen LogP contribution in [0, 0.1) is 0 Å². The molecule has 105 heavy (non-hydrogen) atoms. The molecule has 0 saturated carbocycles. The molecule has 0 spiro atoms. The quantitative estimate of drug-likeness (QED) is 0.149.